The zero-order valence-electron chi connectivity index (χ0n) is 13.6. The highest BCUT2D eigenvalue weighted by molar-refractivity contribution is 5.93. The largest absolute Gasteiger partial charge is 0.455 e. The first-order valence-electron chi connectivity index (χ1n) is 8.40. The van der Waals surface area contributed by atoms with E-state index in [9.17, 15) is 23.2 Å². The standard InChI is InChI=1S/C18H19F2NO4/c19-13-5-2-6-14(20)16(13)21-15(22)9-25-18(24)12-7-10-3-1-4-11(8-12)17(10)23/h2,5-6,10-12H,1,3-4,7-9H2,(H,21,22)/t10-,11-/m1/s1. The first-order valence-corrected chi connectivity index (χ1v) is 8.40. The smallest absolute Gasteiger partial charge is 0.309 e. The van der Waals surface area contributed by atoms with E-state index in [2.05, 4.69) is 5.32 Å². The Balaban J connectivity index is 1.52. The van der Waals surface area contributed by atoms with Crippen LogP contribution in [0, 0.1) is 29.4 Å². The molecule has 0 aliphatic heterocycles. The number of benzene rings is 1. The molecule has 1 N–H and O–H groups in total. The average molecular weight is 351 g/mol. The lowest BCUT2D eigenvalue weighted by atomic mass is 9.67. The molecule has 25 heavy (non-hydrogen) atoms. The molecule has 2 aliphatic rings. The van der Waals surface area contributed by atoms with Gasteiger partial charge in [0.05, 0.1) is 5.92 Å². The number of hydrogen-bond acceptors (Lipinski definition) is 4. The van der Waals surface area contributed by atoms with Crippen LogP contribution < -0.4 is 5.32 Å². The fourth-order valence-corrected chi connectivity index (χ4v) is 3.72. The molecule has 7 heteroatoms. The van der Waals surface area contributed by atoms with Crippen molar-refractivity contribution in [3.8, 4) is 0 Å². The second-order valence-electron chi connectivity index (χ2n) is 6.65. The van der Waals surface area contributed by atoms with Crippen molar-refractivity contribution in [2.75, 3.05) is 11.9 Å². The predicted molar refractivity (Wildman–Crippen MR) is 84.5 cm³/mol. The molecule has 2 bridgehead atoms. The third kappa shape index (κ3) is 3.86. The van der Waals surface area contributed by atoms with Gasteiger partial charge in [-0.2, -0.15) is 0 Å². The maximum Gasteiger partial charge on any atom is 0.309 e. The van der Waals surface area contributed by atoms with Gasteiger partial charge in [-0.15, -0.1) is 0 Å². The monoisotopic (exact) mass is 351 g/mol. The molecular formula is C18H19F2NO4. The number of ketones is 1. The van der Waals surface area contributed by atoms with Gasteiger partial charge in [-0.1, -0.05) is 12.5 Å². The number of carbonyl (C=O) groups is 3. The molecule has 2 atom stereocenters. The van der Waals surface area contributed by atoms with E-state index in [4.69, 9.17) is 4.74 Å². The Labute approximate surface area is 143 Å². The lowest BCUT2D eigenvalue weighted by Crippen LogP contribution is -2.40. The lowest BCUT2D eigenvalue weighted by molar-refractivity contribution is -0.155. The number of ether oxygens (including phenoxy) is 1. The summed E-state index contributed by atoms with van der Waals surface area (Å²) in [6.45, 7) is -0.619. The second kappa shape index (κ2) is 7.29. The molecule has 2 aliphatic carbocycles. The molecule has 0 radical (unpaired) electrons. The van der Waals surface area contributed by atoms with Crippen molar-refractivity contribution in [1.29, 1.82) is 0 Å². The van der Waals surface area contributed by atoms with Gasteiger partial charge >= 0.3 is 5.97 Å². The van der Waals surface area contributed by atoms with Crippen LogP contribution in [0.15, 0.2) is 18.2 Å². The van der Waals surface area contributed by atoms with Crippen LogP contribution in [0.2, 0.25) is 0 Å². The number of anilines is 1. The average Bonchev–Trinajstić information content (AvgIpc) is 2.56. The molecule has 1 amide bonds. The molecule has 134 valence electrons. The number of amides is 1. The molecule has 2 saturated carbocycles. The van der Waals surface area contributed by atoms with Crippen LogP contribution >= 0.6 is 0 Å². The summed E-state index contributed by atoms with van der Waals surface area (Å²) in [4.78, 5) is 36.0. The van der Waals surface area contributed by atoms with Crippen LogP contribution in [0.1, 0.15) is 32.1 Å². The zero-order valence-corrected chi connectivity index (χ0v) is 13.6. The summed E-state index contributed by atoms with van der Waals surface area (Å²) < 4.78 is 31.9. The SMILES string of the molecule is O=C(COC(=O)C1C[C@H]2CCC[C@H](C1)C2=O)Nc1c(F)cccc1F. The summed E-state index contributed by atoms with van der Waals surface area (Å²) >= 11 is 0. The molecule has 1 aromatic carbocycles. The zero-order chi connectivity index (χ0) is 18.0. The maximum atomic E-state index is 13.5. The Bertz CT molecular complexity index is 670. The molecule has 0 saturated heterocycles. The lowest BCUT2D eigenvalue weighted by Gasteiger charge is -2.36. The van der Waals surface area contributed by atoms with E-state index in [0.29, 0.717) is 12.8 Å². The van der Waals surface area contributed by atoms with Gasteiger partial charge in [0, 0.05) is 11.8 Å². The van der Waals surface area contributed by atoms with Gasteiger partial charge in [0.25, 0.3) is 5.91 Å². The van der Waals surface area contributed by atoms with Gasteiger partial charge < -0.3 is 10.1 Å². The topological polar surface area (TPSA) is 72.5 Å². The molecule has 5 nitrogen and oxygen atoms in total. The Hall–Kier alpha value is -2.31. The van der Waals surface area contributed by atoms with Gasteiger partial charge in [0.15, 0.2) is 6.61 Å². The van der Waals surface area contributed by atoms with E-state index in [1.807, 2.05) is 0 Å². The maximum absolute atomic E-state index is 13.5. The summed E-state index contributed by atoms with van der Waals surface area (Å²) in [5.74, 6) is -3.50. The van der Waals surface area contributed by atoms with E-state index in [1.54, 1.807) is 0 Å². The van der Waals surface area contributed by atoms with Gasteiger partial charge in [-0.25, -0.2) is 8.78 Å². The number of esters is 1. The number of halogens is 2. The van der Waals surface area contributed by atoms with Crippen LogP contribution in [-0.4, -0.2) is 24.3 Å². The number of Topliss-reactive ketones (excluding diaryl/α,β-unsaturated/α-hetero) is 1. The minimum atomic E-state index is -0.904. The van der Waals surface area contributed by atoms with Crippen molar-refractivity contribution in [1.82, 2.24) is 0 Å². The Morgan fingerprint density at radius 3 is 2.32 bits per heavy atom. The fourth-order valence-electron chi connectivity index (χ4n) is 3.72. The summed E-state index contributed by atoms with van der Waals surface area (Å²) in [6, 6.07) is 3.21. The summed E-state index contributed by atoms with van der Waals surface area (Å²) in [5, 5.41) is 2.06. The summed E-state index contributed by atoms with van der Waals surface area (Å²) in [7, 11) is 0. The van der Waals surface area contributed by atoms with Crippen LogP contribution in [0.3, 0.4) is 0 Å². The second-order valence-corrected chi connectivity index (χ2v) is 6.65. The number of carbonyl (C=O) groups excluding carboxylic acids is 3. The van der Waals surface area contributed by atoms with Gasteiger partial charge in [0.2, 0.25) is 0 Å². The van der Waals surface area contributed by atoms with Crippen molar-refractivity contribution in [2.45, 2.75) is 32.1 Å². The number of nitrogens with one attached hydrogen (secondary N) is 1. The Kier molecular flexibility index (Phi) is 5.11. The van der Waals surface area contributed by atoms with Crippen molar-refractivity contribution >= 4 is 23.3 Å². The Morgan fingerprint density at radius 1 is 1.12 bits per heavy atom. The van der Waals surface area contributed by atoms with Crippen LogP contribution in [0.25, 0.3) is 0 Å². The number of hydrogen-bond donors (Lipinski definition) is 1. The quantitative estimate of drug-likeness (QED) is 0.847. The van der Waals surface area contributed by atoms with E-state index in [-0.39, 0.29) is 17.6 Å². The molecular weight excluding hydrogens is 332 g/mol. The number of para-hydroxylation sites is 1. The van der Waals surface area contributed by atoms with Gasteiger partial charge in [-0.05, 0) is 37.8 Å². The summed E-state index contributed by atoms with van der Waals surface area (Å²) in [5.41, 5.74) is -0.568. The third-order valence-electron chi connectivity index (χ3n) is 4.95. The van der Waals surface area contributed by atoms with Crippen LogP contribution in [-0.2, 0) is 19.1 Å². The van der Waals surface area contributed by atoms with E-state index in [1.165, 1.54) is 6.07 Å². The molecule has 0 unspecified atom stereocenters. The van der Waals surface area contributed by atoms with Crippen molar-refractivity contribution < 1.29 is 27.9 Å². The molecule has 0 heterocycles. The highest BCUT2D eigenvalue weighted by Crippen LogP contribution is 2.40. The molecule has 0 spiro atoms. The number of rotatable bonds is 4. The summed E-state index contributed by atoms with van der Waals surface area (Å²) in [6.07, 6.45) is 3.51. The fraction of sp³-hybridized carbons (Fsp3) is 0.500. The van der Waals surface area contributed by atoms with E-state index < -0.39 is 41.7 Å². The van der Waals surface area contributed by atoms with Gasteiger partial charge in [-0.3, -0.25) is 14.4 Å². The molecule has 0 aromatic heterocycles. The van der Waals surface area contributed by atoms with Crippen LogP contribution in [0.5, 0.6) is 0 Å². The first-order chi connectivity index (χ1) is 12.0. The minimum absolute atomic E-state index is 0.0913. The van der Waals surface area contributed by atoms with Crippen molar-refractivity contribution in [2.24, 2.45) is 17.8 Å². The highest BCUT2D eigenvalue weighted by atomic mass is 19.1. The predicted octanol–water partition coefficient (Wildman–Crippen LogP) is 2.84. The van der Waals surface area contributed by atoms with Crippen molar-refractivity contribution in [3.63, 3.8) is 0 Å². The molecule has 1 aromatic rings. The molecule has 2 fully saturated rings. The van der Waals surface area contributed by atoms with Gasteiger partial charge in [0.1, 0.15) is 23.1 Å². The minimum Gasteiger partial charge on any atom is -0.455 e. The van der Waals surface area contributed by atoms with E-state index in [0.717, 1.165) is 31.4 Å². The Morgan fingerprint density at radius 2 is 1.72 bits per heavy atom. The van der Waals surface area contributed by atoms with E-state index >= 15 is 0 Å². The normalized spacial score (nSPS) is 25.4. The third-order valence-corrected chi connectivity index (χ3v) is 4.95. The molecule has 3 rings (SSSR count). The van der Waals surface area contributed by atoms with Crippen molar-refractivity contribution in [3.05, 3.63) is 29.8 Å². The first kappa shape index (κ1) is 17.5. The van der Waals surface area contributed by atoms with Crippen LogP contribution in [0.4, 0.5) is 14.5 Å². The number of fused-ring (bicyclic) bond motifs is 2. The highest BCUT2D eigenvalue weighted by Gasteiger charge is 2.41.